The standard InChI is InChI=1S/C13H20N4O/c1-2-17(10-3-4-10)8-7-16-13(18)11-9-15-6-5-12(11)14/h5-6,9-10H,2-4,7-8H2,1H3,(H2,14,15)(H,16,18). The maximum Gasteiger partial charge on any atom is 0.254 e. The van der Waals surface area contributed by atoms with Gasteiger partial charge in [-0.25, -0.2) is 0 Å². The van der Waals surface area contributed by atoms with Crippen molar-refractivity contribution in [2.45, 2.75) is 25.8 Å². The molecule has 5 heteroatoms. The largest absolute Gasteiger partial charge is 0.398 e. The molecule has 1 aliphatic rings. The number of nitrogen functional groups attached to an aromatic ring is 1. The highest BCUT2D eigenvalue weighted by atomic mass is 16.1. The smallest absolute Gasteiger partial charge is 0.254 e. The van der Waals surface area contributed by atoms with E-state index in [1.54, 1.807) is 12.3 Å². The van der Waals surface area contributed by atoms with Crippen LogP contribution in [0.3, 0.4) is 0 Å². The zero-order chi connectivity index (χ0) is 13.0. The number of nitrogens with zero attached hydrogens (tertiary/aromatic N) is 2. The maximum absolute atomic E-state index is 11.9. The van der Waals surface area contributed by atoms with Gasteiger partial charge in [0.25, 0.3) is 5.91 Å². The Morgan fingerprint density at radius 2 is 2.39 bits per heavy atom. The number of nitrogens with one attached hydrogen (secondary N) is 1. The minimum Gasteiger partial charge on any atom is -0.398 e. The summed E-state index contributed by atoms with van der Waals surface area (Å²) in [6.45, 7) is 4.74. The molecule has 1 aliphatic carbocycles. The van der Waals surface area contributed by atoms with E-state index in [1.165, 1.54) is 19.0 Å². The van der Waals surface area contributed by atoms with E-state index in [1.807, 2.05) is 0 Å². The molecule has 1 amide bonds. The van der Waals surface area contributed by atoms with Gasteiger partial charge in [0.1, 0.15) is 0 Å². The molecule has 0 unspecified atom stereocenters. The Bertz CT molecular complexity index is 417. The van der Waals surface area contributed by atoms with E-state index >= 15 is 0 Å². The topological polar surface area (TPSA) is 71.2 Å². The van der Waals surface area contributed by atoms with Gasteiger partial charge in [0.05, 0.1) is 5.56 Å². The van der Waals surface area contributed by atoms with Crippen LogP contribution < -0.4 is 11.1 Å². The van der Waals surface area contributed by atoms with Gasteiger partial charge in [0.15, 0.2) is 0 Å². The molecule has 0 radical (unpaired) electrons. The van der Waals surface area contributed by atoms with Crippen molar-refractivity contribution < 1.29 is 4.79 Å². The number of nitrogens with two attached hydrogens (primary N) is 1. The Hall–Kier alpha value is -1.62. The van der Waals surface area contributed by atoms with Crippen LogP contribution in [0.4, 0.5) is 5.69 Å². The maximum atomic E-state index is 11.9. The summed E-state index contributed by atoms with van der Waals surface area (Å²) in [5.74, 6) is -0.146. The summed E-state index contributed by atoms with van der Waals surface area (Å²) in [7, 11) is 0. The summed E-state index contributed by atoms with van der Waals surface area (Å²) in [4.78, 5) is 18.2. The third-order valence-electron chi connectivity index (χ3n) is 3.25. The second-order valence-corrected chi connectivity index (χ2v) is 4.58. The number of carbonyl (C=O) groups is 1. The van der Waals surface area contributed by atoms with Crippen molar-refractivity contribution in [2.24, 2.45) is 0 Å². The van der Waals surface area contributed by atoms with E-state index in [2.05, 4.69) is 22.1 Å². The highest BCUT2D eigenvalue weighted by Gasteiger charge is 2.27. The number of hydrogen-bond donors (Lipinski definition) is 2. The fourth-order valence-electron chi connectivity index (χ4n) is 2.04. The summed E-state index contributed by atoms with van der Waals surface area (Å²) in [6, 6.07) is 2.37. The third kappa shape index (κ3) is 3.20. The normalized spacial score (nSPS) is 14.8. The molecule has 1 aromatic rings. The Labute approximate surface area is 107 Å². The minimum atomic E-state index is -0.146. The predicted molar refractivity (Wildman–Crippen MR) is 71.3 cm³/mol. The van der Waals surface area contributed by atoms with Crippen LogP contribution in [0.2, 0.25) is 0 Å². The third-order valence-corrected chi connectivity index (χ3v) is 3.25. The molecule has 5 nitrogen and oxygen atoms in total. The van der Waals surface area contributed by atoms with Gasteiger partial charge in [0.2, 0.25) is 0 Å². The van der Waals surface area contributed by atoms with Crippen LogP contribution in [0.15, 0.2) is 18.5 Å². The van der Waals surface area contributed by atoms with Crippen LogP contribution >= 0.6 is 0 Å². The van der Waals surface area contributed by atoms with Crippen molar-refractivity contribution in [1.82, 2.24) is 15.2 Å². The lowest BCUT2D eigenvalue weighted by atomic mass is 10.2. The molecule has 18 heavy (non-hydrogen) atoms. The molecular weight excluding hydrogens is 228 g/mol. The van der Waals surface area contributed by atoms with Crippen molar-refractivity contribution in [3.63, 3.8) is 0 Å². The van der Waals surface area contributed by atoms with Gasteiger partial charge in [-0.3, -0.25) is 14.7 Å². The molecule has 1 fully saturated rings. The van der Waals surface area contributed by atoms with Crippen molar-refractivity contribution >= 4 is 11.6 Å². The molecule has 3 N–H and O–H groups in total. The number of anilines is 1. The van der Waals surface area contributed by atoms with Gasteiger partial charge >= 0.3 is 0 Å². The SMILES string of the molecule is CCN(CCNC(=O)c1cnccc1N)C1CC1. The quantitative estimate of drug-likeness (QED) is 0.784. The van der Waals surface area contributed by atoms with Crippen LogP contribution in [0.25, 0.3) is 0 Å². The van der Waals surface area contributed by atoms with Gasteiger partial charge < -0.3 is 11.1 Å². The average Bonchev–Trinajstić information content (AvgIpc) is 3.19. The van der Waals surface area contributed by atoms with E-state index < -0.39 is 0 Å². The fourth-order valence-corrected chi connectivity index (χ4v) is 2.04. The van der Waals surface area contributed by atoms with Crippen LogP contribution in [0.1, 0.15) is 30.1 Å². The lowest BCUT2D eigenvalue weighted by molar-refractivity contribution is 0.0948. The molecule has 1 saturated carbocycles. The number of amides is 1. The average molecular weight is 248 g/mol. The molecule has 2 rings (SSSR count). The van der Waals surface area contributed by atoms with Crippen molar-refractivity contribution in [3.8, 4) is 0 Å². The first-order valence-corrected chi connectivity index (χ1v) is 6.44. The van der Waals surface area contributed by atoms with Crippen LogP contribution in [0.5, 0.6) is 0 Å². The van der Waals surface area contributed by atoms with Crippen molar-refractivity contribution in [1.29, 1.82) is 0 Å². The summed E-state index contributed by atoms with van der Waals surface area (Å²) in [5, 5.41) is 2.89. The van der Waals surface area contributed by atoms with Gasteiger partial charge in [0, 0.05) is 37.2 Å². The van der Waals surface area contributed by atoms with Crippen LogP contribution in [-0.4, -0.2) is 41.5 Å². The molecule has 1 aromatic heterocycles. The summed E-state index contributed by atoms with van der Waals surface area (Å²) >= 11 is 0. The zero-order valence-corrected chi connectivity index (χ0v) is 10.7. The molecule has 1 heterocycles. The molecule has 0 aliphatic heterocycles. The Morgan fingerprint density at radius 1 is 1.61 bits per heavy atom. The second kappa shape index (κ2) is 5.82. The molecule has 0 bridgehead atoms. The first-order valence-electron chi connectivity index (χ1n) is 6.44. The Kier molecular flexibility index (Phi) is 4.15. The monoisotopic (exact) mass is 248 g/mol. The van der Waals surface area contributed by atoms with Gasteiger partial charge in [-0.05, 0) is 25.5 Å². The Balaban J connectivity index is 1.79. The minimum absolute atomic E-state index is 0.146. The van der Waals surface area contributed by atoms with E-state index in [9.17, 15) is 4.79 Å². The van der Waals surface area contributed by atoms with Crippen LogP contribution in [-0.2, 0) is 0 Å². The van der Waals surface area contributed by atoms with Crippen LogP contribution in [0, 0.1) is 0 Å². The lowest BCUT2D eigenvalue weighted by Gasteiger charge is -2.19. The number of rotatable bonds is 6. The van der Waals surface area contributed by atoms with E-state index in [4.69, 9.17) is 5.73 Å². The molecular formula is C13H20N4O. The highest BCUT2D eigenvalue weighted by Crippen LogP contribution is 2.25. The van der Waals surface area contributed by atoms with E-state index in [-0.39, 0.29) is 5.91 Å². The first-order chi connectivity index (χ1) is 8.72. The number of pyridine rings is 1. The number of likely N-dealkylation sites (N-methyl/N-ethyl adjacent to an activating group) is 1. The summed E-state index contributed by atoms with van der Waals surface area (Å²) in [6.07, 6.45) is 5.66. The molecule has 0 atom stereocenters. The molecule has 0 saturated heterocycles. The number of carbonyl (C=O) groups excluding carboxylic acids is 1. The molecule has 98 valence electrons. The van der Waals surface area contributed by atoms with Gasteiger partial charge in [-0.15, -0.1) is 0 Å². The zero-order valence-electron chi connectivity index (χ0n) is 10.7. The second-order valence-electron chi connectivity index (χ2n) is 4.58. The molecule has 0 spiro atoms. The summed E-state index contributed by atoms with van der Waals surface area (Å²) in [5.41, 5.74) is 6.65. The number of aromatic nitrogens is 1. The predicted octanol–water partition coefficient (Wildman–Crippen LogP) is 0.878. The van der Waals surface area contributed by atoms with Gasteiger partial charge in [-0.2, -0.15) is 0 Å². The fraction of sp³-hybridized carbons (Fsp3) is 0.538. The first kappa shape index (κ1) is 12.8. The van der Waals surface area contributed by atoms with Crippen molar-refractivity contribution in [2.75, 3.05) is 25.4 Å². The van der Waals surface area contributed by atoms with E-state index in [0.717, 1.165) is 19.1 Å². The van der Waals surface area contributed by atoms with E-state index in [0.29, 0.717) is 17.8 Å². The van der Waals surface area contributed by atoms with Crippen molar-refractivity contribution in [3.05, 3.63) is 24.0 Å². The number of hydrogen-bond acceptors (Lipinski definition) is 4. The molecule has 0 aromatic carbocycles. The summed E-state index contributed by atoms with van der Waals surface area (Å²) < 4.78 is 0. The highest BCUT2D eigenvalue weighted by molar-refractivity contribution is 5.98. The lowest BCUT2D eigenvalue weighted by Crippen LogP contribution is -2.36. The Morgan fingerprint density at radius 3 is 3.00 bits per heavy atom. The van der Waals surface area contributed by atoms with Gasteiger partial charge in [-0.1, -0.05) is 6.92 Å².